The highest BCUT2D eigenvalue weighted by molar-refractivity contribution is 7.98. The summed E-state index contributed by atoms with van der Waals surface area (Å²) in [7, 11) is 0. The second kappa shape index (κ2) is 10.1. The van der Waals surface area contributed by atoms with Crippen molar-refractivity contribution >= 4 is 29.4 Å². The van der Waals surface area contributed by atoms with Crippen molar-refractivity contribution in [1.29, 1.82) is 0 Å². The summed E-state index contributed by atoms with van der Waals surface area (Å²) in [4.78, 5) is 32.1. The molecule has 1 aromatic carbocycles. The van der Waals surface area contributed by atoms with Crippen LogP contribution in [-0.4, -0.2) is 72.9 Å². The number of hydrogen-bond acceptors (Lipinski definition) is 5. The summed E-state index contributed by atoms with van der Waals surface area (Å²) in [5, 5.41) is 0. The summed E-state index contributed by atoms with van der Waals surface area (Å²) in [5.41, 5.74) is 0.548. The maximum Gasteiger partial charge on any atom is 0.410 e. The van der Waals surface area contributed by atoms with Crippen molar-refractivity contribution in [2.24, 2.45) is 5.92 Å². The van der Waals surface area contributed by atoms with E-state index in [0.717, 1.165) is 57.7 Å². The number of benzene rings is 1. The summed E-state index contributed by atoms with van der Waals surface area (Å²) >= 11 is 1.71. The van der Waals surface area contributed by atoms with E-state index >= 15 is 0 Å². The Morgan fingerprint density at radius 1 is 1.10 bits per heavy atom. The molecule has 2 fully saturated rings. The molecule has 2 heterocycles. The Morgan fingerprint density at radius 3 is 2.33 bits per heavy atom. The van der Waals surface area contributed by atoms with Crippen molar-refractivity contribution in [1.82, 2.24) is 9.80 Å². The fraction of sp³-hybridized carbons (Fsp3) is 0.652. The largest absolute Gasteiger partial charge is 0.444 e. The van der Waals surface area contributed by atoms with E-state index in [1.54, 1.807) is 11.8 Å². The van der Waals surface area contributed by atoms with Crippen molar-refractivity contribution in [2.45, 2.75) is 50.5 Å². The number of rotatable bonds is 5. The minimum Gasteiger partial charge on any atom is -0.444 e. The van der Waals surface area contributed by atoms with Gasteiger partial charge in [0.05, 0.1) is 6.54 Å². The minimum atomic E-state index is -0.445. The zero-order valence-electron chi connectivity index (χ0n) is 18.7. The second-order valence-corrected chi connectivity index (χ2v) is 10.1. The number of nitrogens with zero attached hydrogens (tertiary/aromatic N) is 3. The molecule has 2 aliphatic heterocycles. The van der Waals surface area contributed by atoms with Crippen molar-refractivity contribution in [3.63, 3.8) is 0 Å². The number of amides is 2. The van der Waals surface area contributed by atoms with Crippen LogP contribution in [0.5, 0.6) is 0 Å². The van der Waals surface area contributed by atoms with Crippen LogP contribution in [0, 0.1) is 5.92 Å². The van der Waals surface area contributed by atoms with Gasteiger partial charge in [0.15, 0.2) is 0 Å². The molecule has 0 aromatic heterocycles. The Morgan fingerprint density at radius 2 is 1.77 bits per heavy atom. The second-order valence-electron chi connectivity index (χ2n) is 9.22. The Balaban J connectivity index is 1.39. The highest BCUT2D eigenvalue weighted by Gasteiger charge is 2.28. The van der Waals surface area contributed by atoms with Crippen LogP contribution in [0.25, 0.3) is 0 Å². The summed E-state index contributed by atoms with van der Waals surface area (Å²) in [6.45, 7) is 10.3. The van der Waals surface area contributed by atoms with Crippen LogP contribution in [0.1, 0.15) is 40.0 Å². The lowest BCUT2D eigenvalue weighted by atomic mass is 9.93. The van der Waals surface area contributed by atoms with Crippen LogP contribution in [0.15, 0.2) is 29.2 Å². The molecule has 0 unspecified atom stereocenters. The third-order valence-corrected chi connectivity index (χ3v) is 6.55. The Hall–Kier alpha value is -1.73. The summed E-state index contributed by atoms with van der Waals surface area (Å²) in [6.07, 6.45) is 4.95. The molecule has 7 heteroatoms. The van der Waals surface area contributed by atoms with Crippen LogP contribution >= 0.6 is 11.8 Å². The first-order valence-corrected chi connectivity index (χ1v) is 12.1. The van der Waals surface area contributed by atoms with E-state index in [1.165, 1.54) is 4.90 Å². The predicted molar refractivity (Wildman–Crippen MR) is 122 cm³/mol. The van der Waals surface area contributed by atoms with E-state index in [4.69, 9.17) is 4.74 Å². The Kier molecular flexibility index (Phi) is 7.69. The maximum atomic E-state index is 12.7. The number of piperazine rings is 1. The molecule has 2 aliphatic rings. The quantitative estimate of drug-likeness (QED) is 0.655. The molecule has 6 nitrogen and oxygen atoms in total. The average molecular weight is 434 g/mol. The number of carbonyl (C=O) groups excluding carboxylic acids is 2. The van der Waals surface area contributed by atoms with Crippen molar-refractivity contribution in [3.8, 4) is 0 Å². The van der Waals surface area contributed by atoms with Crippen LogP contribution in [0.2, 0.25) is 0 Å². The number of thioether (sulfide) groups is 1. The summed E-state index contributed by atoms with van der Waals surface area (Å²) in [6, 6.07) is 8.22. The van der Waals surface area contributed by atoms with Gasteiger partial charge in [-0.2, -0.15) is 0 Å². The van der Waals surface area contributed by atoms with Gasteiger partial charge in [0, 0.05) is 36.8 Å². The molecule has 0 saturated carbocycles. The first-order valence-electron chi connectivity index (χ1n) is 10.9. The van der Waals surface area contributed by atoms with E-state index in [9.17, 15) is 9.59 Å². The fourth-order valence-electron chi connectivity index (χ4n) is 4.04. The molecule has 0 aliphatic carbocycles. The monoisotopic (exact) mass is 433 g/mol. The molecular formula is C23H35N3O3S. The van der Waals surface area contributed by atoms with Gasteiger partial charge in [0.1, 0.15) is 5.60 Å². The number of hydrogen-bond donors (Lipinski definition) is 0. The van der Waals surface area contributed by atoms with Gasteiger partial charge < -0.3 is 14.5 Å². The van der Waals surface area contributed by atoms with Crippen LogP contribution in [-0.2, 0) is 9.53 Å². The topological polar surface area (TPSA) is 53.1 Å². The van der Waals surface area contributed by atoms with Gasteiger partial charge in [-0.3, -0.25) is 9.69 Å². The SMILES string of the molecule is CSc1ccc(N2CCN(CCC3CCN(C(=O)OC(C)(C)C)CC3)CC2=O)cc1. The summed E-state index contributed by atoms with van der Waals surface area (Å²) in [5.74, 6) is 0.786. The molecule has 0 bridgehead atoms. The van der Waals surface area contributed by atoms with Crippen LogP contribution in [0.4, 0.5) is 10.5 Å². The predicted octanol–water partition coefficient (Wildman–Crippen LogP) is 4.09. The van der Waals surface area contributed by atoms with E-state index in [1.807, 2.05) is 42.7 Å². The lowest BCUT2D eigenvalue weighted by Gasteiger charge is -2.36. The van der Waals surface area contributed by atoms with Gasteiger partial charge in [0.2, 0.25) is 5.91 Å². The third-order valence-electron chi connectivity index (χ3n) is 5.80. The molecule has 0 spiro atoms. The van der Waals surface area contributed by atoms with Gasteiger partial charge >= 0.3 is 6.09 Å². The standard InChI is InChI=1S/C23H35N3O3S/c1-23(2,3)29-22(28)25-13-10-18(11-14-25)9-12-24-15-16-26(21(27)17-24)19-5-7-20(30-4)8-6-19/h5-8,18H,9-17H2,1-4H3. The first kappa shape index (κ1) is 22.9. The van der Waals surface area contributed by atoms with E-state index in [-0.39, 0.29) is 12.0 Å². The first-order chi connectivity index (χ1) is 14.2. The smallest absolute Gasteiger partial charge is 0.410 e. The Bertz CT molecular complexity index is 724. The molecule has 1 aromatic rings. The van der Waals surface area contributed by atoms with Gasteiger partial charge in [-0.25, -0.2) is 4.79 Å². The highest BCUT2D eigenvalue weighted by atomic mass is 32.2. The fourth-order valence-corrected chi connectivity index (χ4v) is 4.45. The lowest BCUT2D eigenvalue weighted by Crippen LogP contribution is -2.51. The molecular weight excluding hydrogens is 398 g/mol. The number of ether oxygens (including phenoxy) is 1. The Labute approximate surface area is 184 Å². The van der Waals surface area contributed by atoms with Crippen LogP contribution in [0.3, 0.4) is 0 Å². The molecule has 0 N–H and O–H groups in total. The van der Waals surface area contributed by atoms with Crippen molar-refractivity contribution < 1.29 is 14.3 Å². The van der Waals surface area contributed by atoms with Crippen molar-refractivity contribution in [3.05, 3.63) is 24.3 Å². The van der Waals surface area contributed by atoms with Crippen molar-refractivity contribution in [2.75, 3.05) is 50.4 Å². The van der Waals surface area contributed by atoms with Gasteiger partial charge in [-0.15, -0.1) is 11.8 Å². The molecule has 0 radical (unpaired) electrons. The molecule has 30 heavy (non-hydrogen) atoms. The maximum absolute atomic E-state index is 12.7. The molecule has 166 valence electrons. The summed E-state index contributed by atoms with van der Waals surface area (Å²) < 4.78 is 5.47. The number of anilines is 1. The van der Waals surface area contributed by atoms with E-state index in [0.29, 0.717) is 12.5 Å². The minimum absolute atomic E-state index is 0.179. The van der Waals surface area contributed by atoms with E-state index in [2.05, 4.69) is 23.3 Å². The molecule has 0 atom stereocenters. The molecule has 2 amide bonds. The van der Waals surface area contributed by atoms with Gasteiger partial charge in [-0.05, 0) is 83.0 Å². The normalized spacial score (nSPS) is 19.3. The number of piperidine rings is 1. The lowest BCUT2D eigenvalue weighted by molar-refractivity contribution is -0.121. The highest BCUT2D eigenvalue weighted by Crippen LogP contribution is 2.24. The molecule has 2 saturated heterocycles. The zero-order valence-corrected chi connectivity index (χ0v) is 19.5. The average Bonchev–Trinajstić information content (AvgIpc) is 2.71. The third kappa shape index (κ3) is 6.38. The number of likely N-dealkylation sites (tertiary alicyclic amines) is 1. The van der Waals surface area contributed by atoms with Gasteiger partial charge in [-0.1, -0.05) is 0 Å². The van der Waals surface area contributed by atoms with Crippen LogP contribution < -0.4 is 4.90 Å². The molecule has 3 rings (SSSR count). The number of carbonyl (C=O) groups is 2. The van der Waals surface area contributed by atoms with E-state index < -0.39 is 5.60 Å². The zero-order chi connectivity index (χ0) is 21.7. The van der Waals surface area contributed by atoms with Gasteiger partial charge in [0.25, 0.3) is 0 Å².